The Balaban J connectivity index is 2.09. The molecule has 0 amide bonds. The molecule has 0 aliphatic carbocycles. The molecule has 0 spiro atoms. The molecular weight excluding hydrogens is 296 g/mol. The Kier molecular flexibility index (Phi) is 5.30. The fourth-order valence-electron chi connectivity index (χ4n) is 3.39. The molecule has 0 N–H and O–H groups in total. The van der Waals surface area contributed by atoms with Crippen molar-refractivity contribution in [1.29, 1.82) is 0 Å². The molecule has 3 rings (SSSR count). The van der Waals surface area contributed by atoms with Gasteiger partial charge in [0.1, 0.15) is 6.61 Å². The van der Waals surface area contributed by atoms with E-state index in [0.717, 1.165) is 60.3 Å². The number of benzene rings is 1. The first-order chi connectivity index (χ1) is 11.2. The number of cyclic esters (lactones) is 1. The fraction of sp³-hybridized carbons (Fsp3) is 0.611. The van der Waals surface area contributed by atoms with Gasteiger partial charge < -0.3 is 18.9 Å². The second kappa shape index (κ2) is 7.43. The van der Waals surface area contributed by atoms with Gasteiger partial charge >= 0.3 is 5.97 Å². The van der Waals surface area contributed by atoms with Crippen molar-refractivity contribution in [1.82, 2.24) is 0 Å². The first kappa shape index (κ1) is 16.4. The fourth-order valence-corrected chi connectivity index (χ4v) is 3.39. The smallest absolute Gasteiger partial charge is 0.339 e. The third-order valence-electron chi connectivity index (χ3n) is 4.63. The summed E-state index contributed by atoms with van der Waals surface area (Å²) in [5, 5.41) is 0. The lowest BCUT2D eigenvalue weighted by atomic mass is 9.88. The second-order valence-electron chi connectivity index (χ2n) is 6.09. The van der Waals surface area contributed by atoms with Gasteiger partial charge in [-0.2, -0.15) is 0 Å². The van der Waals surface area contributed by atoms with Gasteiger partial charge in [-0.1, -0.05) is 0 Å². The molecule has 126 valence electrons. The van der Waals surface area contributed by atoms with Crippen molar-refractivity contribution >= 4 is 5.97 Å². The van der Waals surface area contributed by atoms with Crippen LogP contribution in [0, 0.1) is 6.92 Å². The van der Waals surface area contributed by atoms with Crippen LogP contribution in [-0.2, 0) is 45.4 Å². The first-order valence-corrected chi connectivity index (χ1v) is 8.21. The highest BCUT2D eigenvalue weighted by Gasteiger charge is 2.31. The number of carbonyl (C=O) groups is 1. The van der Waals surface area contributed by atoms with Crippen LogP contribution in [0.2, 0.25) is 0 Å². The summed E-state index contributed by atoms with van der Waals surface area (Å²) in [5.74, 6) is -0.243. The number of hydrogen-bond acceptors (Lipinski definition) is 5. The van der Waals surface area contributed by atoms with Gasteiger partial charge in [0.15, 0.2) is 0 Å². The Morgan fingerprint density at radius 3 is 2.35 bits per heavy atom. The molecule has 2 heterocycles. The van der Waals surface area contributed by atoms with E-state index in [0.29, 0.717) is 32.0 Å². The summed E-state index contributed by atoms with van der Waals surface area (Å²) in [7, 11) is 1.67. The third kappa shape index (κ3) is 3.27. The van der Waals surface area contributed by atoms with Gasteiger partial charge in [-0.15, -0.1) is 0 Å². The monoisotopic (exact) mass is 320 g/mol. The number of methoxy groups -OCH3 is 1. The van der Waals surface area contributed by atoms with Gasteiger partial charge in [0.25, 0.3) is 0 Å². The molecule has 2 aliphatic rings. The molecule has 0 bridgehead atoms. The summed E-state index contributed by atoms with van der Waals surface area (Å²) < 4.78 is 22.4. The minimum Gasteiger partial charge on any atom is -0.457 e. The van der Waals surface area contributed by atoms with Crippen LogP contribution in [0.5, 0.6) is 0 Å². The molecule has 23 heavy (non-hydrogen) atoms. The summed E-state index contributed by atoms with van der Waals surface area (Å²) in [5.41, 5.74) is 5.78. The van der Waals surface area contributed by atoms with E-state index < -0.39 is 0 Å². The van der Waals surface area contributed by atoms with E-state index >= 15 is 0 Å². The Bertz CT molecular complexity index is 594. The number of ether oxygens (including phenoxy) is 4. The van der Waals surface area contributed by atoms with Gasteiger partial charge in [0.05, 0.1) is 25.4 Å². The van der Waals surface area contributed by atoms with Crippen molar-refractivity contribution in [3.8, 4) is 0 Å². The topological polar surface area (TPSA) is 54.0 Å². The maximum Gasteiger partial charge on any atom is 0.339 e. The summed E-state index contributed by atoms with van der Waals surface area (Å²) in [6.07, 6.45) is 3.19. The van der Waals surface area contributed by atoms with E-state index in [1.54, 1.807) is 7.11 Å². The van der Waals surface area contributed by atoms with E-state index in [4.69, 9.17) is 18.9 Å². The molecule has 0 unspecified atom stereocenters. The molecule has 1 aromatic carbocycles. The van der Waals surface area contributed by atoms with Gasteiger partial charge in [-0.25, -0.2) is 4.79 Å². The van der Waals surface area contributed by atoms with Crippen molar-refractivity contribution in [2.75, 3.05) is 20.3 Å². The van der Waals surface area contributed by atoms with Crippen molar-refractivity contribution in [2.24, 2.45) is 0 Å². The summed E-state index contributed by atoms with van der Waals surface area (Å²) in [6.45, 7) is 5.25. The number of esters is 1. The predicted octanol–water partition coefficient (Wildman–Crippen LogP) is 3.03. The van der Waals surface area contributed by atoms with Crippen LogP contribution in [0.25, 0.3) is 0 Å². The third-order valence-corrected chi connectivity index (χ3v) is 4.63. The molecule has 0 radical (unpaired) electrons. The van der Waals surface area contributed by atoms with Crippen LogP contribution in [0.3, 0.4) is 0 Å². The molecule has 2 aliphatic heterocycles. The molecule has 0 saturated carbocycles. The van der Waals surface area contributed by atoms with E-state index in [1.807, 2.05) is 6.92 Å². The van der Waals surface area contributed by atoms with Crippen LogP contribution in [0.15, 0.2) is 0 Å². The van der Waals surface area contributed by atoms with Crippen LogP contribution in [-0.4, -0.2) is 26.3 Å². The second-order valence-corrected chi connectivity index (χ2v) is 6.09. The molecular formula is C18H24O5. The first-order valence-electron chi connectivity index (χ1n) is 8.21. The lowest BCUT2D eigenvalue weighted by Gasteiger charge is -2.20. The van der Waals surface area contributed by atoms with Crippen LogP contribution in [0.4, 0.5) is 0 Å². The molecule has 0 atom stereocenters. The lowest BCUT2D eigenvalue weighted by Crippen LogP contribution is -2.13. The van der Waals surface area contributed by atoms with Crippen molar-refractivity contribution in [3.05, 3.63) is 33.4 Å². The lowest BCUT2D eigenvalue weighted by molar-refractivity contribution is 0.0532. The van der Waals surface area contributed by atoms with Crippen LogP contribution < -0.4 is 0 Å². The SMILES string of the molecule is COCc1c(C)c2c(c3c1COCCCCCOC3)COC2=O. The predicted molar refractivity (Wildman–Crippen MR) is 84.2 cm³/mol. The zero-order valence-corrected chi connectivity index (χ0v) is 13.9. The number of rotatable bonds is 2. The van der Waals surface area contributed by atoms with Gasteiger partial charge in [-0.3, -0.25) is 0 Å². The van der Waals surface area contributed by atoms with E-state index in [1.165, 1.54) is 0 Å². The normalized spacial score (nSPS) is 18.8. The van der Waals surface area contributed by atoms with E-state index in [-0.39, 0.29) is 5.97 Å². The van der Waals surface area contributed by atoms with Crippen LogP contribution in [0.1, 0.15) is 57.4 Å². The largest absolute Gasteiger partial charge is 0.457 e. The quantitative estimate of drug-likeness (QED) is 0.784. The molecule has 0 aromatic heterocycles. The van der Waals surface area contributed by atoms with Gasteiger partial charge in [0.2, 0.25) is 0 Å². The summed E-state index contributed by atoms with van der Waals surface area (Å²) in [4.78, 5) is 12.1. The highest BCUT2D eigenvalue weighted by atomic mass is 16.5. The Morgan fingerprint density at radius 2 is 1.65 bits per heavy atom. The number of hydrogen-bond donors (Lipinski definition) is 0. The van der Waals surface area contributed by atoms with Gasteiger partial charge in [-0.05, 0) is 48.4 Å². The standard InChI is InChI=1S/C18H24O5/c1-12-13(8-20-2)14-9-21-6-4-3-5-7-22-10-15(14)16-11-23-18(19)17(12)16/h3-11H2,1-2H3. The van der Waals surface area contributed by atoms with Crippen LogP contribution >= 0.6 is 0 Å². The number of fused-ring (bicyclic) bond motifs is 3. The molecule has 5 nitrogen and oxygen atoms in total. The average molecular weight is 320 g/mol. The van der Waals surface area contributed by atoms with E-state index in [9.17, 15) is 4.79 Å². The Labute approximate surface area is 136 Å². The zero-order valence-electron chi connectivity index (χ0n) is 13.9. The van der Waals surface area contributed by atoms with E-state index in [2.05, 4.69) is 0 Å². The minimum absolute atomic E-state index is 0.243. The highest BCUT2D eigenvalue weighted by molar-refractivity contribution is 5.96. The maximum absolute atomic E-state index is 12.1. The molecule has 5 heteroatoms. The Hall–Kier alpha value is -1.43. The maximum atomic E-state index is 12.1. The van der Waals surface area contributed by atoms with Gasteiger partial charge in [0, 0.05) is 25.9 Å². The van der Waals surface area contributed by atoms with Crippen molar-refractivity contribution in [3.63, 3.8) is 0 Å². The molecule has 0 fully saturated rings. The summed E-state index contributed by atoms with van der Waals surface area (Å²) in [6, 6.07) is 0. The van der Waals surface area contributed by atoms with Crippen molar-refractivity contribution < 1.29 is 23.7 Å². The average Bonchev–Trinajstić information content (AvgIpc) is 2.90. The summed E-state index contributed by atoms with van der Waals surface area (Å²) >= 11 is 0. The highest BCUT2D eigenvalue weighted by Crippen LogP contribution is 2.34. The zero-order chi connectivity index (χ0) is 16.2. The Morgan fingerprint density at radius 1 is 0.957 bits per heavy atom. The molecule has 0 saturated heterocycles. The number of carbonyl (C=O) groups excluding carboxylic acids is 1. The molecule has 1 aromatic rings. The minimum atomic E-state index is -0.243. The van der Waals surface area contributed by atoms with Crippen molar-refractivity contribution in [2.45, 2.75) is 52.6 Å².